The van der Waals surface area contributed by atoms with Crippen molar-refractivity contribution in [3.63, 3.8) is 0 Å². The number of aromatic nitrogens is 2. The number of carbonyl (C=O) groups is 1. The molecule has 2 aromatic heterocycles. The number of rotatable bonds is 6. The average molecular weight is 485 g/mol. The van der Waals surface area contributed by atoms with E-state index in [1.165, 1.54) is 12.1 Å². The van der Waals surface area contributed by atoms with Gasteiger partial charge < -0.3 is 5.32 Å². The van der Waals surface area contributed by atoms with Gasteiger partial charge in [-0.1, -0.05) is 35.9 Å². The van der Waals surface area contributed by atoms with E-state index in [0.717, 1.165) is 16.7 Å². The molecule has 7 nitrogen and oxygen atoms in total. The second-order valence-electron chi connectivity index (χ2n) is 8.22. The number of carbonyl (C=O) groups excluding carboxylic acids is 1. The Morgan fingerprint density at radius 1 is 0.909 bits per heavy atom. The summed E-state index contributed by atoms with van der Waals surface area (Å²) in [5, 5.41) is 3.55. The van der Waals surface area contributed by atoms with E-state index in [-0.39, 0.29) is 22.7 Å². The second kappa shape index (κ2) is 9.49. The van der Waals surface area contributed by atoms with Gasteiger partial charge in [0.05, 0.1) is 10.7 Å². The summed E-state index contributed by atoms with van der Waals surface area (Å²) < 4.78 is 28.6. The van der Waals surface area contributed by atoms with Gasteiger partial charge in [0.15, 0.2) is 5.03 Å². The number of Topliss-reactive ketones (excluding diaryl/α,β-unsaturated/α-hetero) is 1. The maximum atomic E-state index is 13.0. The normalized spacial score (nSPS) is 14.8. The number of benzene rings is 1. The number of hydrogen-bond acceptors (Lipinski definition) is 6. The number of hydrogen-bond donors (Lipinski definition) is 2. The second-order valence-corrected chi connectivity index (χ2v) is 10.3. The van der Waals surface area contributed by atoms with Crippen molar-refractivity contribution in [3.8, 4) is 11.3 Å². The van der Waals surface area contributed by atoms with Crippen LogP contribution in [0.1, 0.15) is 36.8 Å². The highest BCUT2D eigenvalue weighted by Gasteiger charge is 2.22. The summed E-state index contributed by atoms with van der Waals surface area (Å²) in [5.41, 5.74) is 3.38. The molecule has 0 spiro atoms. The standard InChI is InChI=1S/C24H25ClN4O3S/c1-15-5-3-6-16(2)23(15)24-19(25)13-14-21(28-24)29-33(31,32)22-8-4-7-20(27-22)26-17-9-11-18(30)12-10-17/h3-8,13-14,17H,9-12H2,1-2H3,(H,26,27)(H,28,29). The maximum absolute atomic E-state index is 13.0. The van der Waals surface area contributed by atoms with Crippen LogP contribution in [0.4, 0.5) is 11.6 Å². The van der Waals surface area contributed by atoms with Crippen molar-refractivity contribution >= 4 is 39.0 Å². The van der Waals surface area contributed by atoms with Crippen LogP contribution >= 0.6 is 11.6 Å². The number of pyridine rings is 2. The number of anilines is 2. The Labute approximate surface area is 198 Å². The number of aryl methyl sites for hydroxylation is 2. The van der Waals surface area contributed by atoms with Crippen molar-refractivity contribution < 1.29 is 13.2 Å². The molecule has 1 aromatic carbocycles. The lowest BCUT2D eigenvalue weighted by atomic mass is 9.94. The zero-order chi connectivity index (χ0) is 23.6. The molecule has 3 aromatic rings. The molecule has 0 atom stereocenters. The van der Waals surface area contributed by atoms with Crippen LogP contribution in [-0.4, -0.2) is 30.2 Å². The zero-order valence-electron chi connectivity index (χ0n) is 18.4. The number of ketones is 1. The molecule has 0 radical (unpaired) electrons. The molecule has 1 aliphatic carbocycles. The first kappa shape index (κ1) is 23.2. The fourth-order valence-electron chi connectivity index (χ4n) is 3.99. The van der Waals surface area contributed by atoms with E-state index in [0.29, 0.717) is 42.2 Å². The lowest BCUT2D eigenvalue weighted by Crippen LogP contribution is -2.26. The molecule has 0 unspecified atom stereocenters. The fraction of sp³-hybridized carbons (Fsp3) is 0.292. The maximum Gasteiger partial charge on any atom is 0.280 e. The molecule has 172 valence electrons. The molecule has 1 saturated carbocycles. The summed E-state index contributed by atoms with van der Waals surface area (Å²) in [6.45, 7) is 3.92. The lowest BCUT2D eigenvalue weighted by molar-refractivity contribution is -0.120. The molecule has 4 rings (SSSR count). The molecule has 0 amide bonds. The fourth-order valence-corrected chi connectivity index (χ4v) is 5.16. The van der Waals surface area contributed by atoms with Crippen molar-refractivity contribution in [3.05, 3.63) is 64.7 Å². The van der Waals surface area contributed by atoms with Crippen LogP contribution in [0.15, 0.2) is 53.6 Å². The molecule has 2 N–H and O–H groups in total. The smallest absolute Gasteiger partial charge is 0.280 e. The van der Waals surface area contributed by atoms with Crippen molar-refractivity contribution in [2.24, 2.45) is 0 Å². The van der Waals surface area contributed by atoms with Crippen molar-refractivity contribution in [1.29, 1.82) is 0 Å². The van der Waals surface area contributed by atoms with Crippen LogP contribution in [0.3, 0.4) is 0 Å². The Bertz CT molecular complexity index is 1280. The molecule has 0 bridgehead atoms. The number of nitrogens with one attached hydrogen (secondary N) is 2. The minimum Gasteiger partial charge on any atom is -0.367 e. The third-order valence-electron chi connectivity index (χ3n) is 5.70. The summed E-state index contributed by atoms with van der Waals surface area (Å²) in [4.78, 5) is 20.2. The molecule has 0 aliphatic heterocycles. The van der Waals surface area contributed by atoms with E-state index >= 15 is 0 Å². The summed E-state index contributed by atoms with van der Waals surface area (Å²) in [7, 11) is -3.98. The van der Waals surface area contributed by atoms with E-state index in [4.69, 9.17) is 11.6 Å². The van der Waals surface area contributed by atoms with Gasteiger partial charge in [0, 0.05) is 24.4 Å². The number of sulfonamides is 1. The van der Waals surface area contributed by atoms with Crippen molar-refractivity contribution in [1.82, 2.24) is 9.97 Å². The van der Waals surface area contributed by atoms with E-state index in [1.807, 2.05) is 32.0 Å². The predicted molar refractivity (Wildman–Crippen MR) is 130 cm³/mol. The van der Waals surface area contributed by atoms with E-state index in [9.17, 15) is 13.2 Å². The van der Waals surface area contributed by atoms with E-state index < -0.39 is 10.0 Å². The molecule has 1 fully saturated rings. The van der Waals surface area contributed by atoms with Crippen molar-refractivity contribution in [2.75, 3.05) is 10.0 Å². The van der Waals surface area contributed by atoms with Crippen LogP contribution in [-0.2, 0) is 14.8 Å². The Morgan fingerprint density at radius 2 is 1.58 bits per heavy atom. The van der Waals surface area contributed by atoms with Gasteiger partial charge in [-0.3, -0.25) is 9.52 Å². The van der Waals surface area contributed by atoms with Gasteiger partial charge in [-0.25, -0.2) is 9.97 Å². The van der Waals surface area contributed by atoms with Crippen molar-refractivity contribution in [2.45, 2.75) is 50.6 Å². The Balaban J connectivity index is 1.58. The number of nitrogens with zero attached hydrogens (tertiary/aromatic N) is 2. The lowest BCUT2D eigenvalue weighted by Gasteiger charge is -2.22. The van der Waals surface area contributed by atoms with Crippen LogP contribution < -0.4 is 10.0 Å². The van der Waals surface area contributed by atoms with E-state index in [1.54, 1.807) is 18.2 Å². The first-order valence-electron chi connectivity index (χ1n) is 10.7. The summed E-state index contributed by atoms with van der Waals surface area (Å²) in [5.74, 6) is 0.873. The predicted octanol–water partition coefficient (Wildman–Crippen LogP) is 5.14. The minimum absolute atomic E-state index is 0.0963. The van der Waals surface area contributed by atoms with Crippen LogP contribution in [0, 0.1) is 13.8 Å². The molecule has 0 saturated heterocycles. The average Bonchev–Trinajstić information content (AvgIpc) is 2.77. The highest BCUT2D eigenvalue weighted by Crippen LogP contribution is 2.32. The molecule has 2 heterocycles. The summed E-state index contributed by atoms with van der Waals surface area (Å²) in [6, 6.07) is 13.9. The summed E-state index contributed by atoms with van der Waals surface area (Å²) >= 11 is 6.40. The van der Waals surface area contributed by atoms with Crippen LogP contribution in [0.2, 0.25) is 5.02 Å². The quantitative estimate of drug-likeness (QED) is 0.502. The first-order chi connectivity index (χ1) is 15.7. The van der Waals surface area contributed by atoms with Gasteiger partial charge in [-0.05, 0) is 62.1 Å². The molecule has 1 aliphatic rings. The third-order valence-corrected chi connectivity index (χ3v) is 7.26. The largest absolute Gasteiger partial charge is 0.367 e. The molecule has 33 heavy (non-hydrogen) atoms. The Hall–Kier alpha value is -2.97. The van der Waals surface area contributed by atoms with Gasteiger partial charge in [0.2, 0.25) is 0 Å². The zero-order valence-corrected chi connectivity index (χ0v) is 20.0. The Morgan fingerprint density at radius 3 is 2.27 bits per heavy atom. The van der Waals surface area contributed by atoms with Gasteiger partial charge in [0.25, 0.3) is 10.0 Å². The van der Waals surface area contributed by atoms with E-state index in [2.05, 4.69) is 20.0 Å². The van der Waals surface area contributed by atoms with Crippen LogP contribution in [0.25, 0.3) is 11.3 Å². The number of halogens is 1. The summed E-state index contributed by atoms with van der Waals surface area (Å²) in [6.07, 6.45) is 2.49. The van der Waals surface area contributed by atoms with Gasteiger partial charge >= 0.3 is 0 Å². The molecular formula is C24H25ClN4O3S. The van der Waals surface area contributed by atoms with Gasteiger partial charge in [-0.15, -0.1) is 0 Å². The third kappa shape index (κ3) is 5.34. The minimum atomic E-state index is -3.98. The first-order valence-corrected chi connectivity index (χ1v) is 12.6. The topological polar surface area (TPSA) is 101 Å². The highest BCUT2D eigenvalue weighted by atomic mass is 35.5. The molecule has 9 heteroatoms. The highest BCUT2D eigenvalue weighted by molar-refractivity contribution is 7.92. The SMILES string of the molecule is Cc1cccc(C)c1-c1nc(NS(=O)(=O)c2cccc(NC3CCC(=O)CC3)n2)ccc1Cl. The molecular weight excluding hydrogens is 460 g/mol. The van der Waals surface area contributed by atoms with Gasteiger partial charge in [0.1, 0.15) is 17.4 Å². The van der Waals surface area contributed by atoms with Gasteiger partial charge in [-0.2, -0.15) is 8.42 Å². The Kier molecular flexibility index (Phi) is 6.67. The monoisotopic (exact) mass is 484 g/mol. The van der Waals surface area contributed by atoms with Crippen LogP contribution in [0.5, 0.6) is 0 Å².